The van der Waals surface area contributed by atoms with E-state index in [-0.39, 0.29) is 5.82 Å². The smallest absolute Gasteiger partial charge is 0.129 e. The van der Waals surface area contributed by atoms with Crippen LogP contribution in [0.5, 0.6) is 0 Å². The normalized spacial score (nSPS) is 25.1. The van der Waals surface area contributed by atoms with Crippen LogP contribution >= 0.6 is 15.9 Å². The van der Waals surface area contributed by atoms with Gasteiger partial charge in [-0.25, -0.2) is 4.39 Å². The van der Waals surface area contributed by atoms with Crippen molar-refractivity contribution < 1.29 is 4.39 Å². The molecule has 0 saturated carbocycles. The lowest BCUT2D eigenvalue weighted by Gasteiger charge is -2.39. The van der Waals surface area contributed by atoms with Gasteiger partial charge in [0, 0.05) is 29.2 Å². The summed E-state index contributed by atoms with van der Waals surface area (Å²) in [6.45, 7) is 5.53. The molecule has 1 aliphatic heterocycles. The first-order chi connectivity index (χ1) is 8.13. The monoisotopic (exact) mass is 299 g/mol. The van der Waals surface area contributed by atoms with E-state index in [0.717, 1.165) is 17.8 Å². The van der Waals surface area contributed by atoms with Crippen LogP contribution in [-0.2, 0) is 5.33 Å². The van der Waals surface area contributed by atoms with Gasteiger partial charge in [0.1, 0.15) is 5.82 Å². The Morgan fingerprint density at radius 1 is 1.35 bits per heavy atom. The van der Waals surface area contributed by atoms with Crippen molar-refractivity contribution >= 4 is 21.6 Å². The molecular formula is C14H19BrFN. The molecule has 0 bridgehead atoms. The number of rotatable bonds is 2. The first kappa shape index (κ1) is 12.9. The van der Waals surface area contributed by atoms with Gasteiger partial charge in [0.25, 0.3) is 0 Å². The molecule has 1 saturated heterocycles. The largest absolute Gasteiger partial charge is 0.368 e. The summed E-state index contributed by atoms with van der Waals surface area (Å²) in [5, 5.41) is 0.576. The van der Waals surface area contributed by atoms with Crippen LogP contribution in [0.4, 0.5) is 10.1 Å². The zero-order valence-corrected chi connectivity index (χ0v) is 12.0. The van der Waals surface area contributed by atoms with Crippen LogP contribution < -0.4 is 4.90 Å². The van der Waals surface area contributed by atoms with Crippen molar-refractivity contribution in [2.45, 2.75) is 38.1 Å². The number of anilines is 1. The highest BCUT2D eigenvalue weighted by Gasteiger charge is 2.25. The Hall–Kier alpha value is -0.570. The minimum absolute atomic E-state index is 0.107. The van der Waals surface area contributed by atoms with Crippen molar-refractivity contribution in [3.63, 3.8) is 0 Å². The van der Waals surface area contributed by atoms with E-state index in [1.54, 1.807) is 0 Å². The van der Waals surface area contributed by atoms with E-state index in [4.69, 9.17) is 0 Å². The maximum Gasteiger partial charge on any atom is 0.129 e. The predicted molar refractivity (Wildman–Crippen MR) is 74.2 cm³/mol. The van der Waals surface area contributed by atoms with Crippen LogP contribution in [0.3, 0.4) is 0 Å². The Labute approximate surface area is 111 Å². The standard InChI is InChI=1S/C14H19BrFN/c1-10-6-7-11(2)17(9-10)14-5-3-4-13(16)12(14)8-15/h3-5,10-11H,6-9H2,1-2H3. The molecule has 1 nitrogen and oxygen atoms in total. The molecule has 2 rings (SSSR count). The fourth-order valence-corrected chi connectivity index (χ4v) is 3.13. The molecule has 0 aromatic heterocycles. The van der Waals surface area contributed by atoms with Gasteiger partial charge in [-0.15, -0.1) is 0 Å². The molecule has 1 aliphatic rings. The molecule has 0 radical (unpaired) electrons. The highest BCUT2D eigenvalue weighted by molar-refractivity contribution is 9.08. The van der Waals surface area contributed by atoms with Crippen molar-refractivity contribution in [2.24, 2.45) is 5.92 Å². The molecule has 0 spiro atoms. The Bertz CT molecular complexity index is 394. The van der Waals surface area contributed by atoms with Gasteiger partial charge >= 0.3 is 0 Å². The Morgan fingerprint density at radius 3 is 2.82 bits per heavy atom. The summed E-state index contributed by atoms with van der Waals surface area (Å²) in [5.41, 5.74) is 1.84. The lowest BCUT2D eigenvalue weighted by Crippen LogP contribution is -2.41. The quantitative estimate of drug-likeness (QED) is 0.734. The van der Waals surface area contributed by atoms with Crippen molar-refractivity contribution in [1.82, 2.24) is 0 Å². The van der Waals surface area contributed by atoms with Gasteiger partial charge in [-0.05, 0) is 37.8 Å². The fraction of sp³-hybridized carbons (Fsp3) is 0.571. The van der Waals surface area contributed by atoms with Crippen molar-refractivity contribution in [1.29, 1.82) is 0 Å². The molecule has 1 heterocycles. The third-order valence-corrected chi connectivity index (χ3v) is 4.22. The second-order valence-corrected chi connectivity index (χ2v) is 5.62. The summed E-state index contributed by atoms with van der Waals surface area (Å²) in [4.78, 5) is 2.36. The summed E-state index contributed by atoms with van der Waals surface area (Å²) in [7, 11) is 0. The van der Waals surface area contributed by atoms with Crippen LogP contribution in [0, 0.1) is 11.7 Å². The number of hydrogen-bond acceptors (Lipinski definition) is 1. The van der Waals surface area contributed by atoms with Crippen LogP contribution in [0.15, 0.2) is 18.2 Å². The second kappa shape index (κ2) is 5.38. The maximum atomic E-state index is 13.8. The van der Waals surface area contributed by atoms with Gasteiger partial charge in [-0.3, -0.25) is 0 Å². The average Bonchev–Trinajstić information content (AvgIpc) is 2.32. The molecule has 0 aliphatic carbocycles. The maximum absolute atomic E-state index is 13.8. The second-order valence-electron chi connectivity index (χ2n) is 5.06. The first-order valence-electron chi connectivity index (χ1n) is 6.23. The Kier molecular flexibility index (Phi) is 4.08. The van der Waals surface area contributed by atoms with E-state index in [1.807, 2.05) is 12.1 Å². The molecule has 1 fully saturated rings. The Morgan fingerprint density at radius 2 is 2.12 bits per heavy atom. The van der Waals surface area contributed by atoms with Crippen LogP contribution in [0.25, 0.3) is 0 Å². The van der Waals surface area contributed by atoms with Crippen LogP contribution in [0.1, 0.15) is 32.3 Å². The average molecular weight is 300 g/mol. The van der Waals surface area contributed by atoms with Gasteiger partial charge in [-0.1, -0.05) is 28.9 Å². The summed E-state index contributed by atoms with van der Waals surface area (Å²) in [6, 6.07) is 5.89. The number of halogens is 2. The zero-order valence-electron chi connectivity index (χ0n) is 10.4. The van der Waals surface area contributed by atoms with E-state index in [0.29, 0.717) is 17.3 Å². The molecular weight excluding hydrogens is 281 g/mol. The first-order valence-corrected chi connectivity index (χ1v) is 7.35. The summed E-state index contributed by atoms with van der Waals surface area (Å²) in [5.74, 6) is 0.586. The summed E-state index contributed by atoms with van der Waals surface area (Å²) >= 11 is 3.39. The van der Waals surface area contributed by atoms with Gasteiger partial charge in [0.15, 0.2) is 0 Å². The van der Waals surface area contributed by atoms with E-state index in [9.17, 15) is 4.39 Å². The Balaban J connectivity index is 2.35. The number of piperidine rings is 1. The lowest BCUT2D eigenvalue weighted by atomic mass is 9.94. The topological polar surface area (TPSA) is 3.24 Å². The van der Waals surface area contributed by atoms with E-state index in [1.165, 1.54) is 18.9 Å². The van der Waals surface area contributed by atoms with E-state index in [2.05, 4.69) is 34.7 Å². The van der Waals surface area contributed by atoms with Gasteiger partial charge in [-0.2, -0.15) is 0 Å². The van der Waals surface area contributed by atoms with Gasteiger partial charge in [0.2, 0.25) is 0 Å². The number of hydrogen-bond donors (Lipinski definition) is 0. The highest BCUT2D eigenvalue weighted by atomic mass is 79.9. The molecule has 3 heteroatoms. The number of nitrogens with zero attached hydrogens (tertiary/aromatic N) is 1. The number of alkyl halides is 1. The minimum atomic E-state index is -0.107. The lowest BCUT2D eigenvalue weighted by molar-refractivity contribution is 0.389. The molecule has 0 amide bonds. The third kappa shape index (κ3) is 2.65. The van der Waals surface area contributed by atoms with E-state index >= 15 is 0 Å². The molecule has 2 unspecified atom stereocenters. The molecule has 94 valence electrons. The van der Waals surface area contributed by atoms with Crippen molar-refractivity contribution in [3.8, 4) is 0 Å². The predicted octanol–water partition coefficient (Wildman–Crippen LogP) is 4.35. The third-order valence-electron chi connectivity index (χ3n) is 3.65. The summed E-state index contributed by atoms with van der Waals surface area (Å²) in [6.07, 6.45) is 2.47. The van der Waals surface area contributed by atoms with Crippen LogP contribution in [-0.4, -0.2) is 12.6 Å². The van der Waals surface area contributed by atoms with Gasteiger partial charge < -0.3 is 4.90 Å². The molecule has 2 atom stereocenters. The molecule has 1 aromatic rings. The fourth-order valence-electron chi connectivity index (χ4n) is 2.57. The molecule has 0 N–H and O–H groups in total. The SMILES string of the molecule is CC1CCC(C)N(c2cccc(F)c2CBr)C1. The van der Waals surface area contributed by atoms with Crippen molar-refractivity contribution in [2.75, 3.05) is 11.4 Å². The zero-order chi connectivity index (χ0) is 12.4. The van der Waals surface area contributed by atoms with Gasteiger partial charge in [0.05, 0.1) is 0 Å². The summed E-state index contributed by atoms with van der Waals surface area (Å²) < 4.78 is 13.8. The highest BCUT2D eigenvalue weighted by Crippen LogP contribution is 2.32. The molecule has 1 aromatic carbocycles. The van der Waals surface area contributed by atoms with E-state index < -0.39 is 0 Å². The van der Waals surface area contributed by atoms with Crippen molar-refractivity contribution in [3.05, 3.63) is 29.6 Å². The minimum Gasteiger partial charge on any atom is -0.368 e. The number of benzene rings is 1. The van der Waals surface area contributed by atoms with Crippen LogP contribution in [0.2, 0.25) is 0 Å². The molecule has 17 heavy (non-hydrogen) atoms.